The monoisotopic (exact) mass is 640 g/mol. The Morgan fingerprint density at radius 1 is 0.913 bits per heavy atom. The molecule has 7 nitrogen and oxygen atoms in total. The quantitative estimate of drug-likeness (QED) is 0.248. The molecule has 46 heavy (non-hydrogen) atoms. The lowest BCUT2D eigenvalue weighted by molar-refractivity contribution is -0.144. The van der Waals surface area contributed by atoms with Gasteiger partial charge in [-0.2, -0.15) is 0 Å². The van der Waals surface area contributed by atoms with Crippen molar-refractivity contribution in [1.29, 1.82) is 0 Å². The first kappa shape index (κ1) is 29.4. The fourth-order valence-corrected chi connectivity index (χ4v) is 9.63. The van der Waals surface area contributed by atoms with Crippen molar-refractivity contribution in [2.45, 2.75) is 63.8 Å². The van der Waals surface area contributed by atoms with Crippen LogP contribution in [0.5, 0.6) is 5.75 Å². The smallest absolute Gasteiger partial charge is 0.241 e. The first-order valence-electron chi connectivity index (χ1n) is 16.2. The number of halogens is 2. The van der Waals surface area contributed by atoms with Crippen LogP contribution >= 0.6 is 11.6 Å². The zero-order chi connectivity index (χ0) is 32.1. The molecular weight excluding hydrogens is 607 g/mol. The Morgan fingerprint density at radius 3 is 2.43 bits per heavy atom. The summed E-state index contributed by atoms with van der Waals surface area (Å²) < 4.78 is 14.1. The van der Waals surface area contributed by atoms with Crippen molar-refractivity contribution in [3.05, 3.63) is 82.6 Å². The van der Waals surface area contributed by atoms with Gasteiger partial charge in [-0.1, -0.05) is 78.9 Å². The normalized spacial score (nSPS) is 31.3. The Bertz CT molecular complexity index is 1880. The third kappa shape index (κ3) is 3.95. The van der Waals surface area contributed by atoms with Gasteiger partial charge in [0.15, 0.2) is 0 Å². The Labute approximate surface area is 271 Å². The molecule has 0 unspecified atom stereocenters. The maximum atomic E-state index is 14.6. The Balaban J connectivity index is 1.29. The summed E-state index contributed by atoms with van der Waals surface area (Å²) in [4.78, 5) is 59.7. The van der Waals surface area contributed by atoms with Gasteiger partial charge in [0, 0.05) is 22.9 Å². The summed E-state index contributed by atoms with van der Waals surface area (Å²) >= 11 is 6.10. The van der Waals surface area contributed by atoms with Crippen LogP contribution in [0.3, 0.4) is 0 Å². The van der Waals surface area contributed by atoms with Gasteiger partial charge in [-0.25, -0.2) is 9.29 Å². The van der Waals surface area contributed by atoms with Gasteiger partial charge in [0.25, 0.3) is 0 Å². The highest BCUT2D eigenvalue weighted by Gasteiger charge is 2.68. The molecule has 3 aromatic carbocycles. The number of allylic oxidation sites excluding steroid dienone is 2. The van der Waals surface area contributed by atoms with Gasteiger partial charge in [0.1, 0.15) is 11.6 Å². The van der Waals surface area contributed by atoms with Crippen LogP contribution in [0.4, 0.5) is 10.1 Å². The maximum Gasteiger partial charge on any atom is 0.241 e. The van der Waals surface area contributed by atoms with Gasteiger partial charge in [-0.15, -0.1) is 0 Å². The lowest BCUT2D eigenvalue weighted by atomic mass is 9.51. The topological polar surface area (TPSA) is 95.0 Å². The predicted molar refractivity (Wildman–Crippen MR) is 170 cm³/mol. The van der Waals surface area contributed by atoms with Gasteiger partial charge in [-0.05, 0) is 62.1 Å². The van der Waals surface area contributed by atoms with E-state index in [1.165, 1.54) is 17.0 Å². The van der Waals surface area contributed by atoms with Gasteiger partial charge >= 0.3 is 0 Å². The third-order valence-electron chi connectivity index (χ3n) is 11.7. The van der Waals surface area contributed by atoms with Crippen molar-refractivity contribution in [1.82, 2.24) is 4.90 Å². The number of fused-ring (bicyclic) bond motifs is 5. The SMILES string of the molecule is C[C@@]12C(=O)N(c3ccc(F)c(Cl)c3)C(=O)[C@@H]1C[C@@H]1C(=CC[C@@H]3C(=O)N(C4CCCCC4)C(=O)[C@@H]31)[C@@H]2c1ccc2ccccc2c1O. The molecule has 2 heterocycles. The second-order valence-electron chi connectivity index (χ2n) is 13.8. The molecule has 2 aliphatic heterocycles. The van der Waals surface area contributed by atoms with E-state index >= 15 is 0 Å². The van der Waals surface area contributed by atoms with Crippen LogP contribution in [0.25, 0.3) is 10.8 Å². The fraction of sp³-hybridized carbons (Fsp3) is 0.405. The number of hydrogen-bond donors (Lipinski definition) is 1. The summed E-state index contributed by atoms with van der Waals surface area (Å²) in [5, 5.41) is 13.0. The summed E-state index contributed by atoms with van der Waals surface area (Å²) in [6.45, 7) is 1.77. The number of nitrogens with zero attached hydrogens (tertiary/aromatic N) is 2. The number of amides is 4. The molecule has 9 heteroatoms. The van der Waals surface area contributed by atoms with Crippen molar-refractivity contribution in [2.75, 3.05) is 4.90 Å². The van der Waals surface area contributed by atoms with E-state index in [0.29, 0.717) is 17.4 Å². The number of likely N-dealkylation sites (tertiary alicyclic amines) is 1. The summed E-state index contributed by atoms with van der Waals surface area (Å²) in [6.07, 6.45) is 7.23. The van der Waals surface area contributed by atoms with Gasteiger partial charge in [0.2, 0.25) is 23.6 Å². The molecule has 0 spiro atoms. The van der Waals surface area contributed by atoms with E-state index in [9.17, 15) is 28.7 Å². The Hall–Kier alpha value is -4.04. The van der Waals surface area contributed by atoms with Crippen LogP contribution in [0, 0.1) is 34.9 Å². The molecule has 236 valence electrons. The van der Waals surface area contributed by atoms with Gasteiger partial charge in [-0.3, -0.25) is 24.1 Å². The number of aromatic hydroxyl groups is 1. The number of anilines is 1. The van der Waals surface area contributed by atoms with Crippen molar-refractivity contribution < 1.29 is 28.7 Å². The third-order valence-corrected chi connectivity index (χ3v) is 11.9. The molecule has 5 aliphatic rings. The Kier molecular flexibility index (Phi) is 6.70. The number of carbonyl (C=O) groups excluding carboxylic acids is 4. The van der Waals surface area contributed by atoms with E-state index in [1.807, 2.05) is 42.5 Å². The van der Waals surface area contributed by atoms with Crippen LogP contribution in [-0.4, -0.2) is 39.7 Å². The van der Waals surface area contributed by atoms with Crippen molar-refractivity contribution >= 4 is 51.7 Å². The van der Waals surface area contributed by atoms with Crippen LogP contribution in [-0.2, 0) is 19.2 Å². The average Bonchev–Trinajstić information content (AvgIpc) is 3.43. The fourth-order valence-electron chi connectivity index (χ4n) is 9.46. The van der Waals surface area contributed by atoms with Crippen LogP contribution in [0.2, 0.25) is 5.02 Å². The van der Waals surface area contributed by atoms with E-state index in [4.69, 9.17) is 11.6 Å². The van der Waals surface area contributed by atoms with E-state index in [1.54, 1.807) is 6.92 Å². The average molecular weight is 641 g/mol. The molecule has 0 bridgehead atoms. The number of phenolic OH excluding ortho intramolecular Hbond substituents is 1. The molecule has 6 atom stereocenters. The van der Waals surface area contributed by atoms with Crippen LogP contribution in [0.15, 0.2) is 66.2 Å². The molecule has 1 N–H and O–H groups in total. The molecule has 0 radical (unpaired) electrons. The number of imide groups is 2. The first-order chi connectivity index (χ1) is 22.1. The summed E-state index contributed by atoms with van der Waals surface area (Å²) in [6, 6.07) is 14.8. The van der Waals surface area contributed by atoms with E-state index in [0.717, 1.165) is 54.0 Å². The highest BCUT2D eigenvalue weighted by atomic mass is 35.5. The predicted octanol–water partition coefficient (Wildman–Crippen LogP) is 6.90. The number of carbonyl (C=O) groups is 4. The zero-order valence-electron chi connectivity index (χ0n) is 25.4. The number of phenols is 1. The lowest BCUT2D eigenvalue weighted by Gasteiger charge is -2.49. The lowest BCUT2D eigenvalue weighted by Crippen LogP contribution is -2.49. The maximum absolute atomic E-state index is 14.6. The molecular formula is C37H34ClFN2O5. The molecule has 3 aromatic rings. The molecule has 2 saturated heterocycles. The minimum absolute atomic E-state index is 0.0212. The summed E-state index contributed by atoms with van der Waals surface area (Å²) in [7, 11) is 0. The summed E-state index contributed by atoms with van der Waals surface area (Å²) in [5.74, 6) is -5.10. The highest BCUT2D eigenvalue weighted by Crippen LogP contribution is 2.65. The number of hydrogen-bond acceptors (Lipinski definition) is 5. The second kappa shape index (κ2) is 10.5. The molecule has 4 amide bonds. The Morgan fingerprint density at radius 2 is 1.67 bits per heavy atom. The van der Waals surface area contributed by atoms with E-state index < -0.39 is 52.6 Å². The minimum Gasteiger partial charge on any atom is -0.507 e. The largest absolute Gasteiger partial charge is 0.507 e. The van der Waals surface area contributed by atoms with E-state index in [2.05, 4.69) is 0 Å². The molecule has 3 aliphatic carbocycles. The van der Waals surface area contributed by atoms with Crippen molar-refractivity contribution in [3.8, 4) is 5.75 Å². The standard InChI is InChI=1S/C37H34ClFN2O5/c1-37-27(34(44)41(36(37)46)21-12-16-29(39)28(38)17-21)18-26-23(31(37)25-13-11-19-7-5-6-10-22(19)32(25)42)14-15-24-30(26)35(45)40(33(24)43)20-8-3-2-4-9-20/h5-7,10-14,16-17,20,24,26-27,30-31,42H,2-4,8-9,15,18H2,1H3/t24-,26+,27-,30-,31+,37+/m0/s1. The number of rotatable bonds is 3. The van der Waals surface area contributed by atoms with E-state index in [-0.39, 0.29) is 40.7 Å². The van der Waals surface area contributed by atoms with Gasteiger partial charge < -0.3 is 5.11 Å². The first-order valence-corrected chi connectivity index (χ1v) is 16.6. The second-order valence-corrected chi connectivity index (χ2v) is 14.2. The molecule has 8 rings (SSSR count). The molecule has 2 saturated carbocycles. The molecule has 4 fully saturated rings. The highest BCUT2D eigenvalue weighted by molar-refractivity contribution is 6.31. The van der Waals surface area contributed by atoms with Crippen LogP contribution < -0.4 is 4.90 Å². The van der Waals surface area contributed by atoms with Crippen molar-refractivity contribution in [3.63, 3.8) is 0 Å². The number of benzene rings is 3. The van der Waals surface area contributed by atoms with Crippen LogP contribution in [0.1, 0.15) is 63.4 Å². The zero-order valence-corrected chi connectivity index (χ0v) is 26.2. The minimum atomic E-state index is -1.33. The van der Waals surface area contributed by atoms with Crippen molar-refractivity contribution in [2.24, 2.45) is 29.1 Å². The molecule has 0 aromatic heterocycles. The van der Waals surface area contributed by atoms with Gasteiger partial charge in [0.05, 0.1) is 33.9 Å². The summed E-state index contributed by atoms with van der Waals surface area (Å²) in [5.41, 5.74) is 0.157.